The van der Waals surface area contributed by atoms with Gasteiger partial charge in [0.15, 0.2) is 0 Å². The van der Waals surface area contributed by atoms with E-state index in [2.05, 4.69) is 29.5 Å². The van der Waals surface area contributed by atoms with Gasteiger partial charge >= 0.3 is 0 Å². The number of fused-ring (bicyclic) bond motifs is 2. The maximum atomic E-state index is 13.3. The molecule has 2 unspecified atom stereocenters. The lowest BCUT2D eigenvalue weighted by atomic mass is 9.48. The number of nitrogens with one attached hydrogen (secondary N) is 2. The van der Waals surface area contributed by atoms with Crippen LogP contribution in [-0.2, 0) is 23.1 Å². The molecule has 4 aliphatic rings. The van der Waals surface area contributed by atoms with E-state index in [1.807, 2.05) is 24.4 Å². The molecule has 1 aromatic heterocycles. The third kappa shape index (κ3) is 3.77. The number of aromatic amines is 1. The lowest BCUT2D eigenvalue weighted by Gasteiger charge is -2.65. The largest absolute Gasteiger partial charge is 0.507 e. The SMILES string of the molecule is C[N+]1(CC2CC2)CCC23CC(=O)CC[C@@]2(O)[C@H]1Cc1ccc(C(=O)NCCc2ccc4[nH]ccc4c2)c(O)c13. The molecule has 7 heteroatoms. The molecule has 2 bridgehead atoms. The number of carbonyl (C=O) groups is 2. The van der Waals surface area contributed by atoms with Gasteiger partial charge in [0, 0.05) is 60.8 Å². The molecule has 7 nitrogen and oxygen atoms in total. The average Bonchev–Trinajstić information content (AvgIpc) is 3.59. The Morgan fingerprint density at radius 1 is 1.18 bits per heavy atom. The molecule has 7 rings (SSSR count). The van der Waals surface area contributed by atoms with Crippen molar-refractivity contribution in [2.75, 3.05) is 26.7 Å². The number of benzene rings is 2. The van der Waals surface area contributed by atoms with Crippen LogP contribution in [0.4, 0.5) is 0 Å². The highest BCUT2D eigenvalue weighted by Gasteiger charge is 2.70. The number of likely N-dealkylation sites (tertiary alicyclic amines) is 1. The number of phenols is 1. The van der Waals surface area contributed by atoms with Gasteiger partial charge in [-0.1, -0.05) is 12.1 Å². The van der Waals surface area contributed by atoms with Crippen LogP contribution in [0.1, 0.15) is 65.6 Å². The van der Waals surface area contributed by atoms with E-state index in [1.54, 1.807) is 6.07 Å². The van der Waals surface area contributed by atoms with E-state index in [-0.39, 0.29) is 35.5 Å². The van der Waals surface area contributed by atoms with Gasteiger partial charge in [0.05, 0.1) is 25.7 Å². The molecule has 4 N–H and O–H groups in total. The number of nitrogens with zero attached hydrogens (tertiary/aromatic N) is 1. The van der Waals surface area contributed by atoms with Crippen molar-refractivity contribution in [1.29, 1.82) is 0 Å². The van der Waals surface area contributed by atoms with Gasteiger partial charge in [0.2, 0.25) is 0 Å². The summed E-state index contributed by atoms with van der Waals surface area (Å²) in [5, 5.41) is 28.3. The molecule has 3 fully saturated rings. The van der Waals surface area contributed by atoms with E-state index in [9.17, 15) is 19.8 Å². The summed E-state index contributed by atoms with van der Waals surface area (Å²) in [5.74, 6) is 0.483. The number of aromatic nitrogens is 1. The minimum atomic E-state index is -1.07. The van der Waals surface area contributed by atoms with Crippen LogP contribution in [0.25, 0.3) is 10.9 Å². The Morgan fingerprint density at radius 3 is 2.85 bits per heavy atom. The second-order valence-corrected chi connectivity index (χ2v) is 12.9. The number of H-pyrrole nitrogens is 1. The molecule has 2 heterocycles. The van der Waals surface area contributed by atoms with Crippen LogP contribution in [0.5, 0.6) is 5.75 Å². The van der Waals surface area contributed by atoms with E-state index in [0.717, 1.165) is 45.5 Å². The van der Waals surface area contributed by atoms with E-state index in [4.69, 9.17) is 0 Å². The predicted molar refractivity (Wildman–Crippen MR) is 149 cm³/mol. The minimum absolute atomic E-state index is 0.0103. The van der Waals surface area contributed by atoms with Crippen molar-refractivity contribution < 1.29 is 24.3 Å². The first-order chi connectivity index (χ1) is 18.7. The predicted octanol–water partition coefficient (Wildman–Crippen LogP) is 3.75. The Bertz CT molecular complexity index is 1490. The molecule has 0 radical (unpaired) electrons. The number of hydrogen-bond donors (Lipinski definition) is 4. The first-order valence-electron chi connectivity index (χ1n) is 14.5. The van der Waals surface area contributed by atoms with Gasteiger partial charge in [-0.15, -0.1) is 0 Å². The summed E-state index contributed by atoms with van der Waals surface area (Å²) in [5.41, 5.74) is 2.16. The molecule has 4 atom stereocenters. The average molecular weight is 529 g/mol. The van der Waals surface area contributed by atoms with Crippen LogP contribution < -0.4 is 5.32 Å². The van der Waals surface area contributed by atoms with E-state index >= 15 is 0 Å². The topological polar surface area (TPSA) is 102 Å². The van der Waals surface area contributed by atoms with Crippen molar-refractivity contribution in [2.45, 2.75) is 68.4 Å². The number of carbonyl (C=O) groups excluding carboxylic acids is 2. The standard InChI is InChI=1S/C32H37N3O4/c1-35(19-21-2-3-21)15-12-31-18-24(36)8-11-32(31,39)27(35)17-23-5-6-25(29(37)28(23)31)30(38)34-13-9-20-4-7-26-22(16-20)10-14-33-26/h4-7,10,14,16,21,27,33,39H,2-3,8-9,11-13,15,17-19H2,1H3,(H-,34,37,38)/p+1/t27-,31?,32-,35?/m1/s1. The normalized spacial score (nSPS) is 31.5. The Hall–Kier alpha value is -3.16. The zero-order valence-electron chi connectivity index (χ0n) is 22.6. The molecule has 1 amide bonds. The Labute approximate surface area is 228 Å². The fourth-order valence-corrected chi connectivity index (χ4v) is 8.39. The molecule has 204 valence electrons. The second-order valence-electron chi connectivity index (χ2n) is 12.9. The number of piperidine rings is 1. The van der Waals surface area contributed by atoms with Crippen LogP contribution in [0, 0.1) is 5.92 Å². The molecule has 1 aliphatic heterocycles. The van der Waals surface area contributed by atoms with Crippen molar-refractivity contribution >= 4 is 22.6 Å². The molecule has 1 saturated heterocycles. The fourth-order valence-electron chi connectivity index (χ4n) is 8.39. The van der Waals surface area contributed by atoms with Crippen LogP contribution in [0.3, 0.4) is 0 Å². The summed E-state index contributed by atoms with van der Waals surface area (Å²) in [4.78, 5) is 29.4. The van der Waals surface area contributed by atoms with Crippen molar-refractivity contribution in [3.63, 3.8) is 0 Å². The summed E-state index contributed by atoms with van der Waals surface area (Å²) >= 11 is 0. The van der Waals surface area contributed by atoms with E-state index < -0.39 is 11.0 Å². The number of rotatable bonds is 6. The van der Waals surface area contributed by atoms with Gasteiger partial charge in [0.25, 0.3) is 5.91 Å². The van der Waals surface area contributed by atoms with Gasteiger partial charge in [-0.25, -0.2) is 0 Å². The van der Waals surface area contributed by atoms with Crippen molar-refractivity contribution in [3.8, 4) is 5.75 Å². The Morgan fingerprint density at radius 2 is 2.03 bits per heavy atom. The third-order valence-electron chi connectivity index (χ3n) is 10.6. The lowest BCUT2D eigenvalue weighted by Crippen LogP contribution is -2.78. The van der Waals surface area contributed by atoms with Gasteiger partial charge < -0.3 is 25.0 Å². The first kappa shape index (κ1) is 24.9. The molecule has 2 saturated carbocycles. The van der Waals surface area contributed by atoms with Gasteiger partial charge in [-0.2, -0.15) is 0 Å². The number of aliphatic hydroxyl groups is 1. The highest BCUT2D eigenvalue weighted by Crippen LogP contribution is 2.61. The fraction of sp³-hybridized carbons (Fsp3) is 0.500. The molecule has 0 spiro atoms. The Kier molecular flexibility index (Phi) is 5.52. The molecule has 3 aromatic rings. The van der Waals surface area contributed by atoms with Crippen molar-refractivity contribution in [3.05, 3.63) is 64.8 Å². The van der Waals surface area contributed by atoms with Crippen LogP contribution >= 0.6 is 0 Å². The van der Waals surface area contributed by atoms with Crippen LogP contribution in [-0.4, -0.2) is 69.7 Å². The van der Waals surface area contributed by atoms with E-state index in [0.29, 0.717) is 44.2 Å². The zero-order valence-corrected chi connectivity index (χ0v) is 22.6. The number of phenolic OH excluding ortho intramolecular Hbond substituents is 1. The van der Waals surface area contributed by atoms with Crippen molar-refractivity contribution in [1.82, 2.24) is 10.3 Å². The number of ketones is 1. The van der Waals surface area contributed by atoms with E-state index in [1.165, 1.54) is 12.8 Å². The molecule has 39 heavy (non-hydrogen) atoms. The number of amides is 1. The van der Waals surface area contributed by atoms with Crippen LogP contribution in [0.2, 0.25) is 0 Å². The first-order valence-corrected chi connectivity index (χ1v) is 14.5. The van der Waals surface area contributed by atoms with Gasteiger partial charge in [-0.3, -0.25) is 9.59 Å². The number of aromatic hydroxyl groups is 1. The quantitative estimate of drug-likeness (QED) is 0.366. The number of likely N-dealkylation sites (N-methyl/N-ethyl adjacent to an activating group) is 1. The molecule has 2 aromatic carbocycles. The second kappa shape index (κ2) is 8.67. The lowest BCUT2D eigenvalue weighted by molar-refractivity contribution is -0.950. The summed E-state index contributed by atoms with van der Waals surface area (Å²) in [6.07, 6.45) is 7.45. The summed E-state index contributed by atoms with van der Waals surface area (Å²) < 4.78 is 0.827. The minimum Gasteiger partial charge on any atom is -0.507 e. The maximum absolute atomic E-state index is 13.3. The van der Waals surface area contributed by atoms with Crippen LogP contribution in [0.15, 0.2) is 42.6 Å². The monoisotopic (exact) mass is 528 g/mol. The highest BCUT2D eigenvalue weighted by molar-refractivity contribution is 5.98. The third-order valence-corrected chi connectivity index (χ3v) is 10.6. The summed E-state index contributed by atoms with van der Waals surface area (Å²) in [6, 6.07) is 11.9. The Balaban J connectivity index is 1.19. The zero-order chi connectivity index (χ0) is 27.0. The molecular formula is C32H38N3O4+. The number of quaternary nitrogens is 1. The van der Waals surface area contributed by atoms with Crippen molar-refractivity contribution in [2.24, 2.45) is 5.92 Å². The number of Topliss-reactive ketones (excluding diaryl/α,β-unsaturated/α-hetero) is 1. The van der Waals surface area contributed by atoms with Gasteiger partial charge in [-0.05, 0) is 66.5 Å². The molecular weight excluding hydrogens is 490 g/mol. The summed E-state index contributed by atoms with van der Waals surface area (Å²) in [6.45, 7) is 2.38. The smallest absolute Gasteiger partial charge is 0.255 e. The highest BCUT2D eigenvalue weighted by atomic mass is 16.3. The molecule has 3 aliphatic carbocycles. The maximum Gasteiger partial charge on any atom is 0.255 e. The van der Waals surface area contributed by atoms with Gasteiger partial charge in [0.1, 0.15) is 23.2 Å². The summed E-state index contributed by atoms with van der Waals surface area (Å²) in [7, 11) is 2.28. The number of hydrogen-bond acceptors (Lipinski definition) is 4.